The highest BCUT2D eigenvalue weighted by molar-refractivity contribution is 5.54. The predicted molar refractivity (Wildman–Crippen MR) is 94.1 cm³/mol. The summed E-state index contributed by atoms with van der Waals surface area (Å²) in [4.78, 5) is 0. The van der Waals surface area contributed by atoms with E-state index in [0.29, 0.717) is 23.7 Å². The molecule has 0 heterocycles. The van der Waals surface area contributed by atoms with Gasteiger partial charge in [0.2, 0.25) is 5.75 Å². The minimum absolute atomic E-state index is 0.229. The molecule has 0 bridgehead atoms. The highest BCUT2D eigenvalue weighted by Crippen LogP contribution is 2.39. The Hall–Kier alpha value is -2.67. The van der Waals surface area contributed by atoms with Crippen molar-refractivity contribution in [2.45, 2.75) is 26.2 Å². The molecule has 1 unspecified atom stereocenters. The molecule has 0 aliphatic rings. The summed E-state index contributed by atoms with van der Waals surface area (Å²) < 4.78 is 16.1. The van der Waals surface area contributed by atoms with E-state index in [-0.39, 0.29) is 5.92 Å². The summed E-state index contributed by atoms with van der Waals surface area (Å²) in [5.74, 6) is 1.53. The highest BCUT2D eigenvalue weighted by Gasteiger charge is 2.18. The number of methoxy groups -OCH3 is 3. The third-order valence-corrected chi connectivity index (χ3v) is 4.13. The normalized spacial score (nSPS) is 11.5. The average Bonchev–Trinajstić information content (AvgIpc) is 2.60. The summed E-state index contributed by atoms with van der Waals surface area (Å²) in [6, 6.07) is 12.4. The van der Waals surface area contributed by atoms with E-state index in [0.717, 1.165) is 22.3 Å². The molecule has 2 aromatic carbocycles. The van der Waals surface area contributed by atoms with Gasteiger partial charge in [0.05, 0.1) is 33.3 Å². The van der Waals surface area contributed by atoms with Gasteiger partial charge in [-0.3, -0.25) is 0 Å². The van der Waals surface area contributed by atoms with Gasteiger partial charge in [-0.25, -0.2) is 0 Å². The van der Waals surface area contributed by atoms with Crippen LogP contribution in [0.15, 0.2) is 30.3 Å². The van der Waals surface area contributed by atoms with E-state index in [2.05, 4.69) is 24.3 Å². The van der Waals surface area contributed by atoms with Crippen molar-refractivity contribution >= 4 is 0 Å². The van der Waals surface area contributed by atoms with Gasteiger partial charge in [0, 0.05) is 0 Å². The van der Waals surface area contributed by atoms with Crippen LogP contribution in [0.1, 0.15) is 28.2 Å². The molecule has 0 saturated heterocycles. The first-order valence-corrected chi connectivity index (χ1v) is 7.79. The molecule has 126 valence electrons. The number of hydrogen-bond acceptors (Lipinski definition) is 4. The fraction of sp³-hybridized carbons (Fsp3) is 0.350. The second-order valence-electron chi connectivity index (χ2n) is 5.78. The molecule has 0 amide bonds. The van der Waals surface area contributed by atoms with Crippen LogP contribution in [0, 0.1) is 25.2 Å². The average molecular weight is 325 g/mol. The number of rotatable bonds is 6. The Kier molecular flexibility index (Phi) is 5.70. The van der Waals surface area contributed by atoms with Crippen molar-refractivity contribution in [3.8, 4) is 23.3 Å². The molecule has 1 atom stereocenters. The Morgan fingerprint density at radius 2 is 1.58 bits per heavy atom. The summed E-state index contributed by atoms with van der Waals surface area (Å²) in [5, 5.41) is 9.67. The fourth-order valence-corrected chi connectivity index (χ4v) is 2.85. The number of ether oxygens (including phenoxy) is 3. The first-order valence-electron chi connectivity index (χ1n) is 7.79. The minimum Gasteiger partial charge on any atom is -0.493 e. The SMILES string of the molecule is COc1cc(CC(C#N)c2cc(C)ccc2C)cc(OC)c1OC. The van der Waals surface area contributed by atoms with E-state index in [9.17, 15) is 5.26 Å². The van der Waals surface area contributed by atoms with E-state index >= 15 is 0 Å². The van der Waals surface area contributed by atoms with Gasteiger partial charge in [0.25, 0.3) is 0 Å². The molecule has 0 radical (unpaired) electrons. The standard InChI is InChI=1S/C20H23NO3/c1-13-6-7-14(2)17(8-13)16(12-21)9-15-10-18(22-3)20(24-5)19(11-15)23-4/h6-8,10-11,16H,9H2,1-5H3. The molecule has 4 nitrogen and oxygen atoms in total. The molecule has 4 heteroatoms. The minimum atomic E-state index is -0.229. The van der Waals surface area contributed by atoms with Gasteiger partial charge in [-0.1, -0.05) is 23.8 Å². The van der Waals surface area contributed by atoms with Crippen molar-refractivity contribution in [3.05, 3.63) is 52.6 Å². The third-order valence-electron chi connectivity index (χ3n) is 4.13. The quantitative estimate of drug-likeness (QED) is 0.799. The van der Waals surface area contributed by atoms with Gasteiger partial charge in [-0.15, -0.1) is 0 Å². The Labute approximate surface area is 143 Å². The molecular formula is C20H23NO3. The van der Waals surface area contributed by atoms with E-state index in [4.69, 9.17) is 14.2 Å². The lowest BCUT2D eigenvalue weighted by atomic mass is 9.89. The number of nitrogens with zero attached hydrogens (tertiary/aromatic N) is 1. The van der Waals surface area contributed by atoms with Crippen LogP contribution in [0.25, 0.3) is 0 Å². The zero-order valence-electron chi connectivity index (χ0n) is 14.8. The highest BCUT2D eigenvalue weighted by atomic mass is 16.5. The number of hydrogen-bond donors (Lipinski definition) is 0. The molecule has 0 aliphatic heterocycles. The van der Waals surface area contributed by atoms with Crippen molar-refractivity contribution in [1.82, 2.24) is 0 Å². The number of aryl methyl sites for hydroxylation is 2. The Morgan fingerprint density at radius 3 is 2.08 bits per heavy atom. The van der Waals surface area contributed by atoms with Crippen LogP contribution in [-0.4, -0.2) is 21.3 Å². The van der Waals surface area contributed by atoms with E-state index in [1.165, 1.54) is 0 Å². The van der Waals surface area contributed by atoms with Crippen LogP contribution >= 0.6 is 0 Å². The first kappa shape index (κ1) is 17.7. The number of benzene rings is 2. The summed E-state index contributed by atoms with van der Waals surface area (Å²) in [6.07, 6.45) is 0.581. The lowest BCUT2D eigenvalue weighted by Crippen LogP contribution is -2.04. The lowest BCUT2D eigenvalue weighted by molar-refractivity contribution is 0.323. The van der Waals surface area contributed by atoms with Crippen LogP contribution in [0.3, 0.4) is 0 Å². The van der Waals surface area contributed by atoms with E-state index in [1.54, 1.807) is 21.3 Å². The Balaban J connectivity index is 2.41. The predicted octanol–water partition coefficient (Wildman–Crippen LogP) is 4.18. The topological polar surface area (TPSA) is 51.5 Å². The zero-order valence-corrected chi connectivity index (χ0v) is 14.8. The van der Waals surface area contributed by atoms with Crippen molar-refractivity contribution in [2.24, 2.45) is 0 Å². The van der Waals surface area contributed by atoms with Crippen LogP contribution in [0.5, 0.6) is 17.2 Å². The van der Waals surface area contributed by atoms with Crippen molar-refractivity contribution < 1.29 is 14.2 Å². The molecule has 2 aromatic rings. The van der Waals surface area contributed by atoms with Gasteiger partial charge >= 0.3 is 0 Å². The molecule has 2 rings (SSSR count). The molecule has 0 N–H and O–H groups in total. The molecule has 0 spiro atoms. The van der Waals surface area contributed by atoms with Gasteiger partial charge in [0.15, 0.2) is 11.5 Å². The second-order valence-corrected chi connectivity index (χ2v) is 5.78. The Morgan fingerprint density at radius 1 is 0.958 bits per heavy atom. The maximum absolute atomic E-state index is 9.67. The zero-order chi connectivity index (χ0) is 17.7. The summed E-state index contributed by atoms with van der Waals surface area (Å²) in [5.41, 5.74) is 4.31. The summed E-state index contributed by atoms with van der Waals surface area (Å²) in [6.45, 7) is 4.07. The number of nitriles is 1. The van der Waals surface area contributed by atoms with Crippen molar-refractivity contribution in [2.75, 3.05) is 21.3 Å². The molecule has 0 aromatic heterocycles. The largest absolute Gasteiger partial charge is 0.493 e. The monoisotopic (exact) mass is 325 g/mol. The third kappa shape index (κ3) is 3.62. The molecular weight excluding hydrogens is 302 g/mol. The van der Waals surface area contributed by atoms with E-state index in [1.807, 2.05) is 26.0 Å². The van der Waals surface area contributed by atoms with Crippen LogP contribution in [0.4, 0.5) is 0 Å². The molecule has 24 heavy (non-hydrogen) atoms. The maximum atomic E-state index is 9.67. The first-order chi connectivity index (χ1) is 11.5. The fourth-order valence-electron chi connectivity index (χ4n) is 2.85. The van der Waals surface area contributed by atoms with Crippen LogP contribution in [-0.2, 0) is 6.42 Å². The van der Waals surface area contributed by atoms with Crippen molar-refractivity contribution in [1.29, 1.82) is 5.26 Å². The summed E-state index contributed by atoms with van der Waals surface area (Å²) in [7, 11) is 4.76. The van der Waals surface area contributed by atoms with Gasteiger partial charge in [-0.05, 0) is 49.1 Å². The summed E-state index contributed by atoms with van der Waals surface area (Å²) >= 11 is 0. The van der Waals surface area contributed by atoms with Crippen LogP contribution in [0.2, 0.25) is 0 Å². The molecule has 0 aliphatic carbocycles. The van der Waals surface area contributed by atoms with Crippen LogP contribution < -0.4 is 14.2 Å². The smallest absolute Gasteiger partial charge is 0.203 e. The Bertz CT molecular complexity index is 737. The van der Waals surface area contributed by atoms with Gasteiger partial charge < -0.3 is 14.2 Å². The maximum Gasteiger partial charge on any atom is 0.203 e. The lowest BCUT2D eigenvalue weighted by Gasteiger charge is -2.17. The van der Waals surface area contributed by atoms with Gasteiger partial charge in [0.1, 0.15) is 0 Å². The van der Waals surface area contributed by atoms with Crippen molar-refractivity contribution in [3.63, 3.8) is 0 Å². The van der Waals surface area contributed by atoms with Gasteiger partial charge in [-0.2, -0.15) is 5.26 Å². The molecule has 0 saturated carbocycles. The van der Waals surface area contributed by atoms with E-state index < -0.39 is 0 Å². The second kappa shape index (κ2) is 7.74. The molecule has 0 fully saturated rings.